The highest BCUT2D eigenvalue weighted by atomic mass is 32.2. The molecule has 0 aromatic heterocycles. The van der Waals surface area contributed by atoms with Gasteiger partial charge in [0.1, 0.15) is 16.5 Å². The third kappa shape index (κ3) is 4.18. The van der Waals surface area contributed by atoms with Gasteiger partial charge < -0.3 is 5.32 Å². The Balaban J connectivity index is 1.64. The molecular formula is C19H17F2N3O3S. The molecule has 1 heterocycles. The van der Waals surface area contributed by atoms with Crippen LogP contribution in [0.4, 0.5) is 14.5 Å². The third-order valence-corrected chi connectivity index (χ3v) is 6.53. The number of piperidine rings is 1. The second kappa shape index (κ2) is 8.04. The van der Waals surface area contributed by atoms with E-state index in [9.17, 15) is 22.0 Å². The minimum Gasteiger partial charge on any atom is -0.326 e. The number of carbonyl (C=O) groups is 1. The predicted molar refractivity (Wildman–Crippen MR) is 97.6 cm³/mol. The molecule has 1 aliphatic rings. The van der Waals surface area contributed by atoms with Crippen molar-refractivity contribution in [2.75, 3.05) is 18.4 Å². The van der Waals surface area contributed by atoms with E-state index in [1.807, 2.05) is 6.07 Å². The first kappa shape index (κ1) is 19.9. The van der Waals surface area contributed by atoms with Crippen molar-refractivity contribution < 1.29 is 22.0 Å². The van der Waals surface area contributed by atoms with Crippen molar-refractivity contribution in [2.45, 2.75) is 17.7 Å². The molecule has 1 amide bonds. The van der Waals surface area contributed by atoms with E-state index in [1.165, 1.54) is 0 Å². The van der Waals surface area contributed by atoms with Gasteiger partial charge in [-0.1, -0.05) is 0 Å². The maximum Gasteiger partial charge on any atom is 0.246 e. The highest BCUT2D eigenvalue weighted by Gasteiger charge is 2.33. The van der Waals surface area contributed by atoms with E-state index in [0.29, 0.717) is 17.3 Å². The first-order chi connectivity index (χ1) is 13.3. The molecule has 1 aliphatic heterocycles. The summed E-state index contributed by atoms with van der Waals surface area (Å²) in [5.74, 6) is -2.50. The number of amides is 1. The Labute approximate surface area is 161 Å². The smallest absolute Gasteiger partial charge is 0.246 e. The fourth-order valence-electron chi connectivity index (χ4n) is 3.04. The molecular weight excluding hydrogens is 388 g/mol. The number of nitrogens with zero attached hydrogens (tertiary/aromatic N) is 2. The molecule has 0 bridgehead atoms. The van der Waals surface area contributed by atoms with Crippen molar-refractivity contribution in [3.63, 3.8) is 0 Å². The minimum atomic E-state index is -4.17. The SMILES string of the molecule is N#Cc1ccc(NC(=O)C2CCN(S(=O)(=O)c3cc(F)ccc3F)CC2)cc1. The monoisotopic (exact) mass is 405 g/mol. The molecule has 0 spiro atoms. The molecule has 2 aromatic carbocycles. The lowest BCUT2D eigenvalue weighted by Crippen LogP contribution is -2.41. The summed E-state index contributed by atoms with van der Waals surface area (Å²) in [4.78, 5) is 11.7. The molecule has 2 aromatic rings. The second-order valence-electron chi connectivity index (χ2n) is 6.43. The van der Waals surface area contributed by atoms with Crippen molar-refractivity contribution in [3.05, 3.63) is 59.7 Å². The van der Waals surface area contributed by atoms with Crippen LogP contribution in [0.1, 0.15) is 18.4 Å². The number of sulfonamides is 1. The lowest BCUT2D eigenvalue weighted by Gasteiger charge is -2.30. The summed E-state index contributed by atoms with van der Waals surface area (Å²) in [7, 11) is -4.17. The summed E-state index contributed by atoms with van der Waals surface area (Å²) in [6.45, 7) is 0.0630. The first-order valence-corrected chi connectivity index (χ1v) is 10.0. The molecule has 3 rings (SSSR count). The normalized spacial score (nSPS) is 15.8. The molecule has 0 unspecified atom stereocenters. The van der Waals surface area contributed by atoms with Gasteiger partial charge in [0.05, 0.1) is 11.6 Å². The highest BCUT2D eigenvalue weighted by molar-refractivity contribution is 7.89. The van der Waals surface area contributed by atoms with Crippen LogP contribution >= 0.6 is 0 Å². The van der Waals surface area contributed by atoms with Crippen molar-refractivity contribution in [1.82, 2.24) is 4.31 Å². The molecule has 146 valence electrons. The molecule has 1 fully saturated rings. The van der Waals surface area contributed by atoms with Crippen LogP contribution in [-0.4, -0.2) is 31.7 Å². The lowest BCUT2D eigenvalue weighted by molar-refractivity contribution is -0.120. The van der Waals surface area contributed by atoms with Crippen molar-refractivity contribution in [2.24, 2.45) is 5.92 Å². The zero-order valence-electron chi connectivity index (χ0n) is 14.7. The van der Waals surface area contributed by atoms with Crippen LogP contribution in [-0.2, 0) is 14.8 Å². The standard InChI is InChI=1S/C19H17F2N3O3S/c20-15-3-6-17(21)18(11-15)28(26,27)24-9-7-14(8-10-24)19(25)23-16-4-1-13(12-22)2-5-16/h1-6,11,14H,7-10H2,(H,23,25). The van der Waals surface area contributed by atoms with Gasteiger partial charge in [0.2, 0.25) is 15.9 Å². The number of nitriles is 1. The number of benzene rings is 2. The highest BCUT2D eigenvalue weighted by Crippen LogP contribution is 2.26. The summed E-state index contributed by atoms with van der Waals surface area (Å²) in [5.41, 5.74) is 1.02. The lowest BCUT2D eigenvalue weighted by atomic mass is 9.97. The van der Waals surface area contributed by atoms with E-state index in [0.717, 1.165) is 16.4 Å². The van der Waals surface area contributed by atoms with Crippen molar-refractivity contribution in [1.29, 1.82) is 5.26 Å². The van der Waals surface area contributed by atoms with Crippen LogP contribution in [0.3, 0.4) is 0 Å². The topological polar surface area (TPSA) is 90.3 Å². The van der Waals surface area contributed by atoms with Crippen molar-refractivity contribution in [3.8, 4) is 6.07 Å². The Morgan fingerprint density at radius 3 is 2.36 bits per heavy atom. The summed E-state index contributed by atoms with van der Waals surface area (Å²) < 4.78 is 53.4. The summed E-state index contributed by atoms with van der Waals surface area (Å²) in [5, 5.41) is 11.5. The average molecular weight is 405 g/mol. The number of carbonyl (C=O) groups excluding carboxylic acids is 1. The Bertz CT molecular complexity index is 1030. The van der Waals surface area contributed by atoms with Gasteiger partial charge in [0.15, 0.2) is 0 Å². The van der Waals surface area contributed by atoms with Gasteiger partial charge >= 0.3 is 0 Å². The van der Waals surface area contributed by atoms with Crippen LogP contribution in [0, 0.1) is 28.9 Å². The molecule has 28 heavy (non-hydrogen) atoms. The number of anilines is 1. The Kier molecular flexibility index (Phi) is 5.72. The first-order valence-electron chi connectivity index (χ1n) is 8.57. The number of hydrogen-bond donors (Lipinski definition) is 1. The molecule has 1 N–H and O–H groups in total. The zero-order valence-corrected chi connectivity index (χ0v) is 15.5. The van der Waals surface area contributed by atoms with Gasteiger partial charge in [-0.3, -0.25) is 4.79 Å². The fourth-order valence-corrected chi connectivity index (χ4v) is 4.59. The van der Waals surface area contributed by atoms with Crippen LogP contribution in [0.2, 0.25) is 0 Å². The summed E-state index contributed by atoms with van der Waals surface area (Å²) in [6, 6.07) is 10.7. The van der Waals surface area contributed by atoms with E-state index in [-0.39, 0.29) is 31.8 Å². The number of hydrogen-bond acceptors (Lipinski definition) is 4. The van der Waals surface area contributed by atoms with Gasteiger partial charge in [-0.05, 0) is 55.3 Å². The molecule has 9 heteroatoms. The summed E-state index contributed by atoms with van der Waals surface area (Å²) in [6.07, 6.45) is 0.524. The van der Waals surface area contributed by atoms with Crippen molar-refractivity contribution >= 4 is 21.6 Å². The quantitative estimate of drug-likeness (QED) is 0.847. The maximum absolute atomic E-state index is 13.9. The fraction of sp³-hybridized carbons (Fsp3) is 0.263. The zero-order chi connectivity index (χ0) is 20.3. The molecule has 0 radical (unpaired) electrons. The van der Waals surface area contributed by atoms with E-state index >= 15 is 0 Å². The van der Waals surface area contributed by atoms with E-state index in [1.54, 1.807) is 24.3 Å². The van der Waals surface area contributed by atoms with Gasteiger partial charge in [-0.2, -0.15) is 9.57 Å². The summed E-state index contributed by atoms with van der Waals surface area (Å²) >= 11 is 0. The molecule has 0 atom stereocenters. The average Bonchev–Trinajstić information content (AvgIpc) is 2.70. The van der Waals surface area contributed by atoms with Crippen LogP contribution < -0.4 is 5.32 Å². The number of rotatable bonds is 4. The Hall–Kier alpha value is -2.83. The van der Waals surface area contributed by atoms with Crippen LogP contribution in [0.15, 0.2) is 47.4 Å². The largest absolute Gasteiger partial charge is 0.326 e. The van der Waals surface area contributed by atoms with E-state index in [4.69, 9.17) is 5.26 Å². The number of halogens is 2. The second-order valence-corrected chi connectivity index (χ2v) is 8.34. The van der Waals surface area contributed by atoms with Gasteiger partial charge in [-0.15, -0.1) is 0 Å². The minimum absolute atomic E-state index is 0.0315. The Morgan fingerprint density at radius 1 is 1.11 bits per heavy atom. The molecule has 0 saturated carbocycles. The van der Waals surface area contributed by atoms with Gasteiger partial charge in [0.25, 0.3) is 0 Å². The molecule has 1 saturated heterocycles. The van der Waals surface area contributed by atoms with Crippen LogP contribution in [0.25, 0.3) is 0 Å². The molecule has 6 nitrogen and oxygen atoms in total. The molecule has 0 aliphatic carbocycles. The maximum atomic E-state index is 13.9. The Morgan fingerprint density at radius 2 is 1.75 bits per heavy atom. The van der Waals surface area contributed by atoms with E-state index < -0.39 is 32.5 Å². The van der Waals surface area contributed by atoms with Gasteiger partial charge in [-0.25, -0.2) is 17.2 Å². The predicted octanol–water partition coefficient (Wildman–Crippen LogP) is 2.88. The number of nitrogens with one attached hydrogen (secondary N) is 1. The van der Waals surface area contributed by atoms with E-state index in [2.05, 4.69) is 5.32 Å². The van der Waals surface area contributed by atoms with Crippen LogP contribution in [0.5, 0.6) is 0 Å². The third-order valence-electron chi connectivity index (χ3n) is 4.62. The van der Waals surface area contributed by atoms with Gasteiger partial charge in [0, 0.05) is 24.7 Å².